The van der Waals surface area contributed by atoms with Crippen molar-refractivity contribution in [3.05, 3.63) is 41.0 Å². The summed E-state index contributed by atoms with van der Waals surface area (Å²) < 4.78 is 0. The van der Waals surface area contributed by atoms with E-state index in [4.69, 9.17) is 0 Å². The fraction of sp³-hybridized carbons (Fsp3) is 0.231. The van der Waals surface area contributed by atoms with Crippen LogP contribution >= 0.6 is 11.3 Å². The maximum absolute atomic E-state index is 4.21. The minimum absolute atomic E-state index is 0.569. The molecule has 102 valence electrons. The van der Waals surface area contributed by atoms with Gasteiger partial charge in [0.2, 0.25) is 5.13 Å². The molecule has 0 unspecified atom stereocenters. The van der Waals surface area contributed by atoms with E-state index in [0.717, 1.165) is 33.5 Å². The molecule has 0 amide bonds. The van der Waals surface area contributed by atoms with Crippen molar-refractivity contribution in [2.45, 2.75) is 19.9 Å². The number of anilines is 1. The second-order valence-electron chi connectivity index (χ2n) is 4.19. The largest absolute Gasteiger partial charge is 0.354 e. The average Bonchev–Trinajstić information content (AvgIpc) is 3.15. The predicted octanol–water partition coefficient (Wildman–Crippen LogP) is 2.50. The van der Waals surface area contributed by atoms with E-state index in [9.17, 15) is 0 Å². The number of benzene rings is 1. The third kappa shape index (κ3) is 2.67. The molecule has 0 aliphatic rings. The lowest BCUT2D eigenvalue weighted by atomic mass is 10.1. The first-order valence-electron chi connectivity index (χ1n) is 6.38. The maximum Gasteiger partial charge on any atom is 0.205 e. The van der Waals surface area contributed by atoms with Gasteiger partial charge in [0.1, 0.15) is 16.4 Å². The Hall–Kier alpha value is -2.28. The zero-order valence-electron chi connectivity index (χ0n) is 11.0. The first-order valence-corrected chi connectivity index (χ1v) is 7.19. The molecule has 1 aromatic carbocycles. The molecular formula is C13H14N6S. The van der Waals surface area contributed by atoms with Crippen LogP contribution in [0.5, 0.6) is 0 Å². The van der Waals surface area contributed by atoms with Crippen LogP contribution in [0.15, 0.2) is 30.3 Å². The molecule has 0 saturated carbocycles. The number of aromatic nitrogens is 5. The van der Waals surface area contributed by atoms with Crippen LogP contribution in [0.25, 0.3) is 11.3 Å². The first-order chi connectivity index (χ1) is 9.86. The van der Waals surface area contributed by atoms with Crippen LogP contribution in [0.3, 0.4) is 0 Å². The van der Waals surface area contributed by atoms with Crippen LogP contribution in [0, 0.1) is 0 Å². The Morgan fingerprint density at radius 3 is 2.75 bits per heavy atom. The molecule has 0 saturated heterocycles. The molecule has 0 spiro atoms. The molecule has 2 heterocycles. The van der Waals surface area contributed by atoms with Crippen LogP contribution in [0.2, 0.25) is 0 Å². The van der Waals surface area contributed by atoms with Crippen molar-refractivity contribution in [3.8, 4) is 11.3 Å². The van der Waals surface area contributed by atoms with E-state index < -0.39 is 0 Å². The standard InChI is InChI=1S/C13H14N6S/c1-2-11-16-18-13(20-11)14-8-10-12(17-19-15-10)9-6-4-3-5-7-9/h3-7H,2,8H2,1H3,(H,14,18)(H,15,17,19). The van der Waals surface area contributed by atoms with Gasteiger partial charge in [-0.05, 0) is 6.42 Å². The van der Waals surface area contributed by atoms with Crippen LogP contribution in [0.1, 0.15) is 17.6 Å². The highest BCUT2D eigenvalue weighted by Crippen LogP contribution is 2.21. The molecular weight excluding hydrogens is 272 g/mol. The van der Waals surface area contributed by atoms with Crippen molar-refractivity contribution < 1.29 is 0 Å². The van der Waals surface area contributed by atoms with Crippen LogP contribution in [-0.4, -0.2) is 25.6 Å². The number of nitrogens with zero attached hydrogens (tertiary/aromatic N) is 4. The van der Waals surface area contributed by atoms with Crippen LogP contribution < -0.4 is 5.32 Å². The van der Waals surface area contributed by atoms with Crippen molar-refractivity contribution in [2.75, 3.05) is 5.32 Å². The van der Waals surface area contributed by atoms with E-state index in [1.165, 1.54) is 0 Å². The number of hydrogen-bond donors (Lipinski definition) is 2. The molecule has 20 heavy (non-hydrogen) atoms. The summed E-state index contributed by atoms with van der Waals surface area (Å²) in [5.74, 6) is 0. The number of nitrogens with one attached hydrogen (secondary N) is 2. The van der Waals surface area contributed by atoms with E-state index in [-0.39, 0.29) is 0 Å². The van der Waals surface area contributed by atoms with Crippen molar-refractivity contribution in [1.29, 1.82) is 0 Å². The Balaban J connectivity index is 1.74. The molecule has 7 heteroatoms. The van der Waals surface area contributed by atoms with Gasteiger partial charge in [-0.15, -0.1) is 10.2 Å². The van der Waals surface area contributed by atoms with Crippen LogP contribution in [0.4, 0.5) is 5.13 Å². The predicted molar refractivity (Wildman–Crippen MR) is 78.4 cm³/mol. The number of H-pyrrole nitrogens is 1. The third-order valence-electron chi connectivity index (χ3n) is 2.84. The molecule has 0 atom stereocenters. The summed E-state index contributed by atoms with van der Waals surface area (Å²) in [4.78, 5) is 0. The highest BCUT2D eigenvalue weighted by Gasteiger charge is 2.10. The fourth-order valence-electron chi connectivity index (χ4n) is 1.83. The lowest BCUT2D eigenvalue weighted by Crippen LogP contribution is -2.01. The number of rotatable bonds is 5. The molecule has 2 aromatic heterocycles. The van der Waals surface area contributed by atoms with E-state index in [1.807, 2.05) is 30.3 Å². The number of aromatic amines is 1. The minimum atomic E-state index is 0.569. The Morgan fingerprint density at radius 2 is 2.00 bits per heavy atom. The van der Waals surface area contributed by atoms with E-state index in [1.54, 1.807) is 11.3 Å². The second kappa shape index (κ2) is 5.79. The average molecular weight is 286 g/mol. The summed E-state index contributed by atoms with van der Waals surface area (Å²) in [6.07, 6.45) is 0.901. The maximum atomic E-state index is 4.21. The van der Waals surface area contributed by atoms with Crippen molar-refractivity contribution >= 4 is 16.5 Å². The van der Waals surface area contributed by atoms with Crippen molar-refractivity contribution in [1.82, 2.24) is 25.6 Å². The topological polar surface area (TPSA) is 79.4 Å². The van der Waals surface area contributed by atoms with Crippen molar-refractivity contribution in [3.63, 3.8) is 0 Å². The lowest BCUT2D eigenvalue weighted by Gasteiger charge is -2.01. The Labute approximate surface area is 120 Å². The smallest absolute Gasteiger partial charge is 0.205 e. The molecule has 6 nitrogen and oxygen atoms in total. The monoisotopic (exact) mass is 286 g/mol. The quantitative estimate of drug-likeness (QED) is 0.753. The molecule has 0 radical (unpaired) electrons. The van der Waals surface area contributed by atoms with Gasteiger partial charge in [-0.25, -0.2) is 0 Å². The summed E-state index contributed by atoms with van der Waals surface area (Å²) in [6.45, 7) is 2.63. The fourth-order valence-corrected chi connectivity index (χ4v) is 2.51. The number of aryl methyl sites for hydroxylation is 1. The zero-order valence-corrected chi connectivity index (χ0v) is 11.8. The van der Waals surface area contributed by atoms with Gasteiger partial charge in [0.25, 0.3) is 0 Å². The van der Waals surface area contributed by atoms with Gasteiger partial charge < -0.3 is 5.32 Å². The summed E-state index contributed by atoms with van der Waals surface area (Å²) in [7, 11) is 0. The van der Waals surface area contributed by atoms with Crippen LogP contribution in [-0.2, 0) is 13.0 Å². The first kappa shape index (κ1) is 12.7. The van der Waals surface area contributed by atoms with Gasteiger partial charge >= 0.3 is 0 Å². The molecule has 2 N–H and O–H groups in total. The summed E-state index contributed by atoms with van der Waals surface area (Å²) in [6, 6.07) is 9.98. The van der Waals surface area contributed by atoms with E-state index in [2.05, 4.69) is 37.8 Å². The number of hydrogen-bond acceptors (Lipinski definition) is 6. The van der Waals surface area contributed by atoms with Gasteiger partial charge in [-0.1, -0.05) is 48.6 Å². The summed E-state index contributed by atoms with van der Waals surface area (Å²) in [5, 5.41) is 24.3. The van der Waals surface area contributed by atoms with E-state index in [0.29, 0.717) is 6.54 Å². The SMILES string of the molecule is CCc1nnc(NCc2n[nH]nc2-c2ccccc2)s1. The van der Waals surface area contributed by atoms with Gasteiger partial charge in [0, 0.05) is 5.56 Å². The summed E-state index contributed by atoms with van der Waals surface area (Å²) >= 11 is 1.56. The lowest BCUT2D eigenvalue weighted by molar-refractivity contribution is 0.907. The third-order valence-corrected chi connectivity index (χ3v) is 3.87. The molecule has 3 rings (SSSR count). The highest BCUT2D eigenvalue weighted by molar-refractivity contribution is 7.15. The molecule has 0 bridgehead atoms. The van der Waals surface area contributed by atoms with Gasteiger partial charge in [0.05, 0.1) is 6.54 Å². The molecule has 0 fully saturated rings. The van der Waals surface area contributed by atoms with E-state index >= 15 is 0 Å². The van der Waals surface area contributed by atoms with Crippen molar-refractivity contribution in [2.24, 2.45) is 0 Å². The van der Waals surface area contributed by atoms with Gasteiger partial charge in [-0.2, -0.15) is 15.4 Å². The summed E-state index contributed by atoms with van der Waals surface area (Å²) in [5.41, 5.74) is 2.77. The molecule has 0 aliphatic carbocycles. The van der Waals surface area contributed by atoms with Gasteiger partial charge in [-0.3, -0.25) is 0 Å². The minimum Gasteiger partial charge on any atom is -0.354 e. The normalized spacial score (nSPS) is 10.7. The Bertz CT molecular complexity index is 675. The highest BCUT2D eigenvalue weighted by atomic mass is 32.1. The zero-order chi connectivity index (χ0) is 13.8. The Kier molecular flexibility index (Phi) is 3.69. The van der Waals surface area contributed by atoms with Gasteiger partial charge in [0.15, 0.2) is 0 Å². The Morgan fingerprint density at radius 1 is 1.15 bits per heavy atom. The molecule has 0 aliphatic heterocycles. The molecule has 3 aromatic rings. The second-order valence-corrected chi connectivity index (χ2v) is 5.26.